The van der Waals surface area contributed by atoms with Gasteiger partial charge in [0.2, 0.25) is 0 Å². The molecule has 0 radical (unpaired) electrons. The first-order valence-corrected chi connectivity index (χ1v) is 7.71. The first-order valence-electron chi connectivity index (χ1n) is 7.71. The SMILES string of the molecule is O=C(NCC1CCCO1)N1CCN(C(=O)c2ccco2)CC1. The van der Waals surface area contributed by atoms with Crippen LogP contribution >= 0.6 is 0 Å². The Morgan fingerprint density at radius 2 is 2.00 bits per heavy atom. The molecule has 2 fully saturated rings. The normalized spacial score (nSPS) is 21.9. The van der Waals surface area contributed by atoms with Crippen molar-refractivity contribution in [3.05, 3.63) is 24.2 Å². The maximum Gasteiger partial charge on any atom is 0.317 e. The summed E-state index contributed by atoms with van der Waals surface area (Å²) in [7, 11) is 0. The lowest BCUT2D eigenvalue weighted by Gasteiger charge is -2.34. The van der Waals surface area contributed by atoms with Crippen LogP contribution in [-0.2, 0) is 4.74 Å². The number of nitrogens with zero attached hydrogens (tertiary/aromatic N) is 2. The number of urea groups is 1. The summed E-state index contributed by atoms with van der Waals surface area (Å²) in [6.07, 6.45) is 3.70. The number of ether oxygens (including phenoxy) is 1. The summed E-state index contributed by atoms with van der Waals surface area (Å²) in [6, 6.07) is 3.27. The Kier molecular flexibility index (Phi) is 4.62. The van der Waals surface area contributed by atoms with Crippen molar-refractivity contribution in [2.24, 2.45) is 0 Å². The van der Waals surface area contributed by atoms with Crippen LogP contribution in [0.3, 0.4) is 0 Å². The summed E-state index contributed by atoms with van der Waals surface area (Å²) >= 11 is 0. The van der Waals surface area contributed by atoms with Crippen LogP contribution in [0.15, 0.2) is 22.8 Å². The van der Waals surface area contributed by atoms with Gasteiger partial charge in [-0.25, -0.2) is 4.79 Å². The zero-order valence-corrected chi connectivity index (χ0v) is 12.5. The predicted octanol–water partition coefficient (Wildman–Crippen LogP) is 0.926. The zero-order chi connectivity index (χ0) is 15.4. The molecule has 1 aromatic heterocycles. The van der Waals surface area contributed by atoms with Crippen molar-refractivity contribution in [2.75, 3.05) is 39.3 Å². The molecule has 1 N–H and O–H groups in total. The maximum absolute atomic E-state index is 12.1. The molecule has 3 heterocycles. The number of carbonyl (C=O) groups excluding carboxylic acids is 2. The minimum atomic E-state index is -0.121. The van der Waals surface area contributed by atoms with E-state index in [0.29, 0.717) is 38.5 Å². The van der Waals surface area contributed by atoms with Gasteiger partial charge < -0.3 is 24.3 Å². The third-order valence-electron chi connectivity index (χ3n) is 4.09. The second kappa shape index (κ2) is 6.83. The Morgan fingerprint density at radius 3 is 2.64 bits per heavy atom. The van der Waals surface area contributed by atoms with E-state index in [-0.39, 0.29) is 18.0 Å². The summed E-state index contributed by atoms with van der Waals surface area (Å²) in [4.78, 5) is 27.7. The highest BCUT2D eigenvalue weighted by Gasteiger charge is 2.26. The number of hydrogen-bond donors (Lipinski definition) is 1. The largest absolute Gasteiger partial charge is 0.459 e. The average molecular weight is 307 g/mol. The number of nitrogens with one attached hydrogen (secondary N) is 1. The van der Waals surface area contributed by atoms with Crippen LogP contribution in [0.5, 0.6) is 0 Å². The Balaban J connectivity index is 1.42. The molecular formula is C15H21N3O4. The van der Waals surface area contributed by atoms with E-state index < -0.39 is 0 Å². The number of furan rings is 1. The van der Waals surface area contributed by atoms with E-state index in [4.69, 9.17) is 9.15 Å². The van der Waals surface area contributed by atoms with Crippen molar-refractivity contribution in [1.29, 1.82) is 0 Å². The molecule has 0 aromatic carbocycles. The van der Waals surface area contributed by atoms with Gasteiger partial charge in [-0.15, -0.1) is 0 Å². The first-order chi connectivity index (χ1) is 10.7. The fourth-order valence-corrected chi connectivity index (χ4v) is 2.79. The first kappa shape index (κ1) is 14.9. The lowest BCUT2D eigenvalue weighted by molar-refractivity contribution is 0.0629. The highest BCUT2D eigenvalue weighted by molar-refractivity contribution is 5.91. The molecule has 0 spiro atoms. The molecule has 3 rings (SSSR count). The summed E-state index contributed by atoms with van der Waals surface area (Å²) in [5.41, 5.74) is 0. The molecule has 2 aliphatic rings. The van der Waals surface area contributed by atoms with E-state index in [1.807, 2.05) is 0 Å². The van der Waals surface area contributed by atoms with Gasteiger partial charge >= 0.3 is 6.03 Å². The van der Waals surface area contributed by atoms with Gasteiger partial charge in [-0.2, -0.15) is 0 Å². The molecule has 1 atom stereocenters. The number of amides is 3. The monoisotopic (exact) mass is 307 g/mol. The number of piperazine rings is 1. The van der Waals surface area contributed by atoms with Gasteiger partial charge in [0, 0.05) is 39.3 Å². The van der Waals surface area contributed by atoms with Crippen molar-refractivity contribution in [3.8, 4) is 0 Å². The topological polar surface area (TPSA) is 75.0 Å². The van der Waals surface area contributed by atoms with Crippen LogP contribution in [-0.4, -0.2) is 67.2 Å². The molecule has 0 saturated carbocycles. The van der Waals surface area contributed by atoms with Gasteiger partial charge in [0.15, 0.2) is 5.76 Å². The molecule has 1 unspecified atom stereocenters. The maximum atomic E-state index is 12.1. The lowest BCUT2D eigenvalue weighted by atomic mass is 10.2. The van der Waals surface area contributed by atoms with Crippen LogP contribution in [0.2, 0.25) is 0 Å². The fraction of sp³-hybridized carbons (Fsp3) is 0.600. The second-order valence-electron chi connectivity index (χ2n) is 5.58. The minimum Gasteiger partial charge on any atom is -0.459 e. The van der Waals surface area contributed by atoms with E-state index in [2.05, 4.69) is 5.32 Å². The van der Waals surface area contributed by atoms with Crippen molar-refractivity contribution in [1.82, 2.24) is 15.1 Å². The third-order valence-corrected chi connectivity index (χ3v) is 4.09. The summed E-state index contributed by atoms with van der Waals surface area (Å²) in [5.74, 6) is 0.223. The Bertz CT molecular complexity index is 503. The van der Waals surface area contributed by atoms with Crippen molar-refractivity contribution < 1.29 is 18.7 Å². The lowest BCUT2D eigenvalue weighted by Crippen LogP contribution is -2.53. The second-order valence-corrected chi connectivity index (χ2v) is 5.58. The zero-order valence-electron chi connectivity index (χ0n) is 12.5. The molecule has 2 aliphatic heterocycles. The number of carbonyl (C=O) groups is 2. The highest BCUT2D eigenvalue weighted by Crippen LogP contribution is 2.12. The van der Waals surface area contributed by atoms with Crippen LogP contribution in [0.25, 0.3) is 0 Å². The Labute approximate surface area is 129 Å². The molecule has 2 saturated heterocycles. The van der Waals surface area contributed by atoms with Crippen LogP contribution in [0, 0.1) is 0 Å². The van der Waals surface area contributed by atoms with E-state index in [9.17, 15) is 9.59 Å². The van der Waals surface area contributed by atoms with Gasteiger partial charge in [0.1, 0.15) is 0 Å². The Hall–Kier alpha value is -2.02. The average Bonchev–Trinajstić information content (AvgIpc) is 3.25. The van der Waals surface area contributed by atoms with Gasteiger partial charge in [0.25, 0.3) is 5.91 Å². The number of hydrogen-bond acceptors (Lipinski definition) is 4. The van der Waals surface area contributed by atoms with Gasteiger partial charge in [-0.05, 0) is 25.0 Å². The summed E-state index contributed by atoms with van der Waals surface area (Å²) in [5, 5.41) is 2.91. The van der Waals surface area contributed by atoms with Crippen molar-refractivity contribution in [3.63, 3.8) is 0 Å². The van der Waals surface area contributed by atoms with Gasteiger partial charge in [0.05, 0.1) is 12.4 Å². The fourth-order valence-electron chi connectivity index (χ4n) is 2.79. The summed E-state index contributed by atoms with van der Waals surface area (Å²) < 4.78 is 10.6. The summed E-state index contributed by atoms with van der Waals surface area (Å²) in [6.45, 7) is 3.45. The third kappa shape index (κ3) is 3.41. The molecule has 1 aromatic rings. The number of rotatable bonds is 3. The van der Waals surface area contributed by atoms with E-state index in [0.717, 1.165) is 19.4 Å². The van der Waals surface area contributed by atoms with Crippen LogP contribution < -0.4 is 5.32 Å². The molecule has 22 heavy (non-hydrogen) atoms. The van der Waals surface area contributed by atoms with Crippen molar-refractivity contribution >= 4 is 11.9 Å². The standard InChI is InChI=1S/C15H21N3O4/c19-14(13-4-2-10-22-13)17-5-7-18(8-6-17)15(20)16-11-12-3-1-9-21-12/h2,4,10,12H,1,3,5-9,11H2,(H,16,20). The predicted molar refractivity (Wildman–Crippen MR) is 78.6 cm³/mol. The quantitative estimate of drug-likeness (QED) is 0.901. The minimum absolute atomic E-state index is 0.0828. The molecule has 7 nitrogen and oxygen atoms in total. The van der Waals surface area contributed by atoms with Gasteiger partial charge in [-0.1, -0.05) is 0 Å². The highest BCUT2D eigenvalue weighted by atomic mass is 16.5. The molecule has 0 aliphatic carbocycles. The van der Waals surface area contributed by atoms with Crippen molar-refractivity contribution in [2.45, 2.75) is 18.9 Å². The molecular weight excluding hydrogens is 286 g/mol. The van der Waals surface area contributed by atoms with Crippen LogP contribution in [0.1, 0.15) is 23.4 Å². The smallest absolute Gasteiger partial charge is 0.317 e. The van der Waals surface area contributed by atoms with Crippen LogP contribution in [0.4, 0.5) is 4.79 Å². The molecule has 3 amide bonds. The molecule has 7 heteroatoms. The Morgan fingerprint density at radius 1 is 1.23 bits per heavy atom. The van der Waals surface area contributed by atoms with E-state index in [1.165, 1.54) is 6.26 Å². The van der Waals surface area contributed by atoms with E-state index >= 15 is 0 Å². The molecule has 0 bridgehead atoms. The molecule has 120 valence electrons. The van der Waals surface area contributed by atoms with Gasteiger partial charge in [-0.3, -0.25) is 4.79 Å². The van der Waals surface area contributed by atoms with E-state index in [1.54, 1.807) is 21.9 Å².